The predicted octanol–water partition coefficient (Wildman–Crippen LogP) is 6.79. The lowest BCUT2D eigenvalue weighted by Crippen LogP contribution is -2.20. The van der Waals surface area contributed by atoms with E-state index in [2.05, 4.69) is 66.7 Å². The number of hydrogen-bond donors (Lipinski definition) is 0. The van der Waals surface area contributed by atoms with Gasteiger partial charge >= 0.3 is 0 Å². The maximum absolute atomic E-state index is 6.11. The molecule has 0 saturated carbocycles. The van der Waals surface area contributed by atoms with E-state index < -0.39 is 0 Å². The average molecular weight is 381 g/mol. The van der Waals surface area contributed by atoms with Crippen LogP contribution >= 0.6 is 33.8 Å². The van der Waals surface area contributed by atoms with Crippen LogP contribution in [0.1, 0.15) is 65.2 Å². The van der Waals surface area contributed by atoms with E-state index in [4.69, 9.17) is 17.0 Å². The van der Waals surface area contributed by atoms with Crippen LogP contribution in [0.25, 0.3) is 6.08 Å². The Labute approximate surface area is 160 Å². The first-order valence-corrected chi connectivity index (χ1v) is 11.1. The van der Waals surface area contributed by atoms with E-state index in [1.807, 2.05) is 10.8 Å². The molecule has 0 bridgehead atoms. The van der Waals surface area contributed by atoms with Gasteiger partial charge in [-0.2, -0.15) is 0 Å². The topological polar surface area (TPSA) is 9.23 Å². The van der Waals surface area contributed by atoms with E-state index in [-0.39, 0.29) is 10.8 Å². The quantitative estimate of drug-likeness (QED) is 0.324. The molecule has 132 valence electrons. The van der Waals surface area contributed by atoms with Gasteiger partial charge < -0.3 is 4.74 Å². The predicted molar refractivity (Wildman–Crippen MR) is 116 cm³/mol. The zero-order valence-corrected chi connectivity index (χ0v) is 18.2. The van der Waals surface area contributed by atoms with E-state index in [0.717, 1.165) is 15.7 Å². The van der Waals surface area contributed by atoms with Gasteiger partial charge in [-0.25, -0.2) is 0 Å². The summed E-state index contributed by atoms with van der Waals surface area (Å²) in [6.45, 7) is 16.2. The molecule has 0 atom stereocenters. The standard InChI is InChI=1S/C20H28OS3/c1-8-21-17-15(19(2,3)4)10-13(11-16(17)20(5,6)7)9-14-12-23-24-18(14)22/h9-11H,8,12H2,1-7H3/b14-9+. The summed E-state index contributed by atoms with van der Waals surface area (Å²) in [5.74, 6) is 2.05. The highest BCUT2D eigenvalue weighted by Gasteiger charge is 2.28. The lowest BCUT2D eigenvalue weighted by molar-refractivity contribution is 0.319. The van der Waals surface area contributed by atoms with Gasteiger partial charge in [0, 0.05) is 16.9 Å². The number of thiocarbonyl (C=S) groups is 1. The molecule has 1 nitrogen and oxygen atoms in total. The molecule has 2 rings (SSSR count). The van der Waals surface area contributed by atoms with Crippen LogP contribution in [-0.4, -0.2) is 16.6 Å². The molecule has 1 heterocycles. The molecule has 4 heteroatoms. The Kier molecular flexibility index (Phi) is 6.15. The second-order valence-electron chi connectivity index (χ2n) is 8.18. The second kappa shape index (κ2) is 7.43. The molecule has 1 fully saturated rings. The molecule has 1 saturated heterocycles. The molecule has 1 aromatic rings. The summed E-state index contributed by atoms with van der Waals surface area (Å²) in [4.78, 5) is 0. The Morgan fingerprint density at radius 3 is 2.00 bits per heavy atom. The van der Waals surface area contributed by atoms with Gasteiger partial charge in [-0.05, 0) is 57.9 Å². The Bertz CT molecular complexity index is 625. The first kappa shape index (κ1) is 19.9. The van der Waals surface area contributed by atoms with Gasteiger partial charge in [0.05, 0.1) is 10.8 Å². The third-order valence-corrected chi connectivity index (χ3v) is 6.96. The minimum Gasteiger partial charge on any atom is -0.493 e. The minimum absolute atomic E-state index is 0.0265. The van der Waals surface area contributed by atoms with Crippen LogP contribution in [0.3, 0.4) is 0 Å². The SMILES string of the molecule is CCOc1c(C(C)(C)C)cc(/C=C2\CSSC2=S)cc1C(C)(C)C. The molecule has 24 heavy (non-hydrogen) atoms. The summed E-state index contributed by atoms with van der Waals surface area (Å²) in [6.07, 6.45) is 2.26. The summed E-state index contributed by atoms with van der Waals surface area (Å²) < 4.78 is 7.13. The molecule has 0 spiro atoms. The fourth-order valence-corrected chi connectivity index (χ4v) is 5.41. The van der Waals surface area contributed by atoms with Crippen molar-refractivity contribution < 1.29 is 4.74 Å². The van der Waals surface area contributed by atoms with E-state index in [0.29, 0.717) is 6.61 Å². The normalized spacial score (nSPS) is 17.6. The monoisotopic (exact) mass is 380 g/mol. The van der Waals surface area contributed by atoms with Crippen molar-refractivity contribution in [2.75, 3.05) is 12.4 Å². The van der Waals surface area contributed by atoms with Crippen LogP contribution in [0.15, 0.2) is 17.7 Å². The van der Waals surface area contributed by atoms with Crippen molar-refractivity contribution >= 4 is 44.1 Å². The number of rotatable bonds is 3. The summed E-state index contributed by atoms with van der Waals surface area (Å²) in [7, 11) is 3.53. The highest BCUT2D eigenvalue weighted by atomic mass is 33.1. The molecule has 0 N–H and O–H groups in total. The van der Waals surface area contributed by atoms with Crippen LogP contribution in [0, 0.1) is 0 Å². The van der Waals surface area contributed by atoms with Gasteiger partial charge in [0.15, 0.2) is 0 Å². The summed E-state index contributed by atoms with van der Waals surface area (Å²) in [6, 6.07) is 4.56. The van der Waals surface area contributed by atoms with Crippen LogP contribution in [-0.2, 0) is 10.8 Å². The molecule has 0 aromatic heterocycles. The highest BCUT2D eigenvalue weighted by Crippen LogP contribution is 2.42. The summed E-state index contributed by atoms with van der Waals surface area (Å²) in [5.41, 5.74) is 5.09. The zero-order valence-electron chi connectivity index (χ0n) is 15.8. The van der Waals surface area contributed by atoms with Gasteiger partial charge in [0.25, 0.3) is 0 Å². The molecule has 0 aliphatic carbocycles. The Balaban J connectivity index is 2.68. The molecule has 1 aromatic carbocycles. The van der Waals surface area contributed by atoms with Crippen molar-refractivity contribution in [3.05, 3.63) is 34.4 Å². The van der Waals surface area contributed by atoms with Crippen molar-refractivity contribution in [3.8, 4) is 5.75 Å². The molecule has 1 aliphatic rings. The smallest absolute Gasteiger partial charge is 0.126 e. The van der Waals surface area contributed by atoms with Crippen molar-refractivity contribution in [1.29, 1.82) is 0 Å². The third-order valence-electron chi connectivity index (χ3n) is 3.97. The lowest BCUT2D eigenvalue weighted by atomic mass is 9.78. The summed E-state index contributed by atoms with van der Waals surface area (Å²) in [5, 5.41) is 0. The molecular formula is C20H28OS3. The van der Waals surface area contributed by atoms with Crippen molar-refractivity contribution in [2.24, 2.45) is 0 Å². The van der Waals surface area contributed by atoms with Crippen molar-refractivity contribution in [2.45, 2.75) is 59.3 Å². The van der Waals surface area contributed by atoms with E-state index >= 15 is 0 Å². The average Bonchev–Trinajstić information content (AvgIpc) is 2.83. The van der Waals surface area contributed by atoms with Crippen LogP contribution in [0.2, 0.25) is 0 Å². The second-order valence-corrected chi connectivity index (χ2v) is 11.2. The fraction of sp³-hybridized carbons (Fsp3) is 0.550. The Hall–Kier alpha value is -0.450. The van der Waals surface area contributed by atoms with Gasteiger partial charge in [-0.15, -0.1) is 0 Å². The maximum Gasteiger partial charge on any atom is 0.126 e. The molecular weight excluding hydrogens is 352 g/mol. The third kappa shape index (κ3) is 4.59. The molecule has 0 unspecified atom stereocenters. The number of ether oxygens (including phenoxy) is 1. The maximum atomic E-state index is 6.11. The Morgan fingerprint density at radius 2 is 1.62 bits per heavy atom. The van der Waals surface area contributed by atoms with Gasteiger partial charge in [0.2, 0.25) is 0 Å². The Morgan fingerprint density at radius 1 is 1.08 bits per heavy atom. The summed E-state index contributed by atoms with van der Waals surface area (Å²) >= 11 is 5.47. The molecule has 0 radical (unpaired) electrons. The van der Waals surface area contributed by atoms with Gasteiger partial charge in [-0.3, -0.25) is 0 Å². The first-order valence-electron chi connectivity index (χ1n) is 8.40. The van der Waals surface area contributed by atoms with E-state index in [1.165, 1.54) is 22.3 Å². The fourth-order valence-electron chi connectivity index (χ4n) is 2.71. The zero-order chi connectivity index (χ0) is 18.1. The van der Waals surface area contributed by atoms with E-state index in [9.17, 15) is 0 Å². The first-order chi connectivity index (χ1) is 11.0. The van der Waals surface area contributed by atoms with Crippen molar-refractivity contribution in [3.63, 3.8) is 0 Å². The number of hydrogen-bond acceptors (Lipinski definition) is 4. The van der Waals surface area contributed by atoms with Gasteiger partial charge in [-0.1, -0.05) is 64.6 Å². The van der Waals surface area contributed by atoms with E-state index in [1.54, 1.807) is 10.8 Å². The minimum atomic E-state index is 0.0265. The van der Waals surface area contributed by atoms with Crippen molar-refractivity contribution in [1.82, 2.24) is 0 Å². The van der Waals surface area contributed by atoms with Crippen LogP contribution in [0.4, 0.5) is 0 Å². The number of benzene rings is 1. The van der Waals surface area contributed by atoms with Crippen LogP contribution < -0.4 is 4.74 Å². The largest absolute Gasteiger partial charge is 0.493 e. The van der Waals surface area contributed by atoms with Gasteiger partial charge in [0.1, 0.15) is 5.75 Å². The molecule has 1 aliphatic heterocycles. The molecule has 0 amide bonds. The lowest BCUT2D eigenvalue weighted by Gasteiger charge is -2.30. The van der Waals surface area contributed by atoms with Crippen LogP contribution in [0.5, 0.6) is 5.75 Å². The highest BCUT2D eigenvalue weighted by molar-refractivity contribution is 8.84.